The standard InChI is InChI=1S/C52H60F2N6O10S2/c1-31(2)38-6-4-5-7-39(38)42-30-67-21-20-59(42)35-27-52(28-35)15-18-58(19-16-52)34-8-9-40(43(24-34)69-45-23-33-12-17-55-47(33)56-49(45)70-50(53)54)48(61)57-72(65,66)37-25-41(60(63)64)46-44(26-37)68-29-36(71-46)22-32-10-13-51(3,62)14-11-32/h4-9,12,17,23-26,31-32,35-36,42,50,62H,10-11,13-16,18-22,27-30H2,1-3H3,(H,55,56)(H,57,61)/t32-,36-,42-,51-/m0/s1. The SMILES string of the molecule is CC(C)c1ccccc1[C@@H]1COCCN1C1CC2(CCN(c3ccc(C(=O)NS(=O)(=O)c4cc5c(c([N+](=O)[O-])c4)S[C@@H](C[C@H]4CC[C@](C)(O)CC4)CO5)c(Oc4cc5cc[nH]c5nc4OC(F)F)c3)CC2)C1. The Labute approximate surface area is 421 Å². The lowest BCUT2D eigenvalue weighted by Crippen LogP contribution is -2.58. The Morgan fingerprint density at radius 3 is 2.53 bits per heavy atom. The van der Waals surface area contributed by atoms with Crippen LogP contribution in [0.25, 0.3) is 11.0 Å². The largest absolute Gasteiger partial charge is 0.491 e. The Bertz CT molecular complexity index is 2950. The van der Waals surface area contributed by atoms with Crippen LogP contribution in [0.15, 0.2) is 82.7 Å². The van der Waals surface area contributed by atoms with Gasteiger partial charge in [-0.3, -0.25) is 19.8 Å². The van der Waals surface area contributed by atoms with E-state index in [9.17, 15) is 37.2 Å². The molecule has 3 aromatic carbocycles. The number of aromatic amines is 1. The van der Waals surface area contributed by atoms with Gasteiger partial charge < -0.3 is 33.9 Å². The number of hydrogen-bond donors (Lipinski definition) is 3. The molecule has 2 aromatic heterocycles. The molecule has 4 fully saturated rings. The fourth-order valence-corrected chi connectivity index (χ4v) is 13.8. The number of carbonyl (C=O) groups excluding carboxylic acids is 1. The first kappa shape index (κ1) is 50.0. The van der Waals surface area contributed by atoms with Gasteiger partial charge in [-0.25, -0.2) is 13.1 Å². The van der Waals surface area contributed by atoms with Gasteiger partial charge in [0.1, 0.15) is 28.6 Å². The second kappa shape index (κ2) is 20.1. The molecule has 1 spiro atoms. The van der Waals surface area contributed by atoms with Gasteiger partial charge in [-0.05, 0) is 117 Å². The van der Waals surface area contributed by atoms with E-state index in [1.54, 1.807) is 24.4 Å². The van der Waals surface area contributed by atoms with Crippen LogP contribution < -0.4 is 23.8 Å². The number of aliphatic hydroxyl groups is 1. The summed E-state index contributed by atoms with van der Waals surface area (Å²) in [6.07, 6.45) is 9.21. The quantitative estimate of drug-likeness (QED) is 0.0701. The first-order valence-corrected chi connectivity index (χ1v) is 27.1. The summed E-state index contributed by atoms with van der Waals surface area (Å²) in [5, 5.41) is 23.2. The number of amides is 1. The first-order chi connectivity index (χ1) is 34.4. The van der Waals surface area contributed by atoms with Crippen molar-refractivity contribution in [3.8, 4) is 23.1 Å². The fourth-order valence-electron chi connectivity index (χ4n) is 11.5. The molecule has 20 heteroatoms. The number of nitro benzene ring substituents is 1. The van der Waals surface area contributed by atoms with Crippen LogP contribution >= 0.6 is 11.8 Å². The zero-order chi connectivity index (χ0) is 50.5. The van der Waals surface area contributed by atoms with Crippen LogP contribution in [-0.2, 0) is 14.8 Å². The van der Waals surface area contributed by atoms with Gasteiger partial charge in [0, 0.05) is 66.4 Å². The van der Waals surface area contributed by atoms with Crippen molar-refractivity contribution in [2.45, 2.75) is 124 Å². The summed E-state index contributed by atoms with van der Waals surface area (Å²) in [4.78, 5) is 37.5. The summed E-state index contributed by atoms with van der Waals surface area (Å²) >= 11 is 1.27. The number of fused-ring (bicyclic) bond motifs is 2. The number of nitrogens with zero attached hydrogens (tertiary/aromatic N) is 4. The summed E-state index contributed by atoms with van der Waals surface area (Å²) in [6.45, 7) is 6.81. The molecule has 72 heavy (non-hydrogen) atoms. The molecule has 5 aliphatic rings. The molecule has 5 heterocycles. The molecule has 3 aliphatic heterocycles. The predicted octanol–water partition coefficient (Wildman–Crippen LogP) is 10.1. The molecular weight excluding hydrogens is 971 g/mol. The molecule has 10 rings (SSSR count). The van der Waals surface area contributed by atoms with E-state index in [-0.39, 0.29) is 56.7 Å². The van der Waals surface area contributed by atoms with E-state index in [1.807, 2.05) is 6.92 Å². The van der Waals surface area contributed by atoms with Gasteiger partial charge >= 0.3 is 6.61 Å². The zero-order valence-electron chi connectivity index (χ0n) is 40.5. The summed E-state index contributed by atoms with van der Waals surface area (Å²) in [7, 11) is -4.79. The smallest absolute Gasteiger partial charge is 0.388 e. The van der Waals surface area contributed by atoms with Crippen molar-refractivity contribution in [2.24, 2.45) is 11.3 Å². The number of H-pyrrole nitrogens is 1. The van der Waals surface area contributed by atoms with Gasteiger partial charge in [0.05, 0.1) is 40.2 Å². The number of benzene rings is 3. The first-order valence-electron chi connectivity index (χ1n) is 24.8. The monoisotopic (exact) mass is 1030 g/mol. The number of aromatic nitrogens is 2. The van der Waals surface area contributed by atoms with E-state index in [2.05, 4.69) is 62.6 Å². The van der Waals surface area contributed by atoms with E-state index in [4.69, 9.17) is 18.9 Å². The average Bonchev–Trinajstić information content (AvgIpc) is 3.80. The maximum Gasteiger partial charge on any atom is 0.388 e. The van der Waals surface area contributed by atoms with Gasteiger partial charge in [0.25, 0.3) is 27.5 Å². The van der Waals surface area contributed by atoms with E-state index in [0.717, 1.165) is 51.1 Å². The average molecular weight is 1030 g/mol. The molecule has 0 radical (unpaired) electrons. The van der Waals surface area contributed by atoms with Gasteiger partial charge in [-0.1, -0.05) is 38.1 Å². The third-order valence-electron chi connectivity index (χ3n) is 15.5. The number of piperidine rings is 1. The molecule has 3 N–H and O–H groups in total. The fraction of sp³-hybridized carbons (Fsp3) is 0.500. The molecule has 2 atom stereocenters. The zero-order valence-corrected chi connectivity index (χ0v) is 42.1. The molecular formula is C52H60F2N6O10S2. The summed E-state index contributed by atoms with van der Waals surface area (Å²) in [5.41, 5.74) is 2.30. The van der Waals surface area contributed by atoms with Crippen molar-refractivity contribution in [2.75, 3.05) is 44.4 Å². The highest BCUT2D eigenvalue weighted by atomic mass is 32.2. The predicted molar refractivity (Wildman–Crippen MR) is 267 cm³/mol. The molecule has 0 unspecified atom stereocenters. The van der Waals surface area contributed by atoms with Crippen LogP contribution in [0.4, 0.5) is 20.2 Å². The number of morpholine rings is 1. The molecule has 2 aliphatic carbocycles. The lowest BCUT2D eigenvalue weighted by Gasteiger charge is -2.57. The van der Waals surface area contributed by atoms with Gasteiger partial charge in [-0.2, -0.15) is 13.8 Å². The Balaban J connectivity index is 0.880. The summed E-state index contributed by atoms with van der Waals surface area (Å²) in [6, 6.07) is 19.1. The number of ether oxygens (including phenoxy) is 4. The number of alkyl halides is 2. The minimum atomic E-state index is -4.79. The molecule has 1 amide bonds. The van der Waals surface area contributed by atoms with Crippen molar-refractivity contribution in [3.63, 3.8) is 0 Å². The van der Waals surface area contributed by atoms with E-state index < -0.39 is 49.5 Å². The number of anilines is 1. The van der Waals surface area contributed by atoms with Crippen molar-refractivity contribution in [3.05, 3.63) is 99.7 Å². The number of carbonyl (C=O) groups is 1. The number of sulfonamides is 1. The van der Waals surface area contributed by atoms with Gasteiger partial charge in [0.15, 0.2) is 5.75 Å². The third kappa shape index (κ3) is 10.5. The minimum absolute atomic E-state index is 0.0101. The topological polar surface area (TPSA) is 199 Å². The highest BCUT2D eigenvalue weighted by Crippen LogP contribution is 2.54. The Kier molecular flexibility index (Phi) is 13.9. The van der Waals surface area contributed by atoms with Gasteiger partial charge in [-0.15, -0.1) is 11.8 Å². The highest BCUT2D eigenvalue weighted by Gasteiger charge is 2.50. The number of thioether (sulfide) groups is 1. The lowest BCUT2D eigenvalue weighted by molar-refractivity contribution is -0.388. The summed E-state index contributed by atoms with van der Waals surface area (Å²) < 4.78 is 80.8. The minimum Gasteiger partial charge on any atom is -0.491 e. The maximum atomic E-state index is 14.3. The van der Waals surface area contributed by atoms with Crippen molar-refractivity contribution in [1.82, 2.24) is 19.6 Å². The Hall–Kier alpha value is -5.54. The van der Waals surface area contributed by atoms with Crippen LogP contribution in [0, 0.1) is 21.4 Å². The molecule has 16 nitrogen and oxygen atoms in total. The lowest BCUT2D eigenvalue weighted by atomic mass is 9.59. The Morgan fingerprint density at radius 1 is 1.03 bits per heavy atom. The summed E-state index contributed by atoms with van der Waals surface area (Å²) in [5.74, 6) is -1.40. The third-order valence-corrected chi connectivity index (χ3v) is 18.1. The van der Waals surface area contributed by atoms with Crippen LogP contribution in [0.3, 0.4) is 0 Å². The van der Waals surface area contributed by atoms with E-state index in [1.165, 1.54) is 41.1 Å². The van der Waals surface area contributed by atoms with Crippen molar-refractivity contribution < 1.29 is 51.0 Å². The molecule has 384 valence electrons. The molecule has 0 bridgehead atoms. The maximum absolute atomic E-state index is 14.3. The molecule has 2 saturated carbocycles. The van der Waals surface area contributed by atoms with Crippen molar-refractivity contribution in [1.29, 1.82) is 0 Å². The van der Waals surface area contributed by atoms with Crippen LogP contribution in [-0.4, -0.2) is 102 Å². The number of pyridine rings is 1. The normalized spacial score (nSPS) is 23.7. The number of hydrogen-bond acceptors (Lipinski definition) is 14. The van der Waals surface area contributed by atoms with Crippen LogP contribution in [0.2, 0.25) is 0 Å². The van der Waals surface area contributed by atoms with Crippen molar-refractivity contribution >= 4 is 50.1 Å². The number of nitro groups is 1. The number of halogens is 2. The second-order valence-corrected chi connectivity index (χ2v) is 23.7. The van der Waals surface area contributed by atoms with E-state index >= 15 is 0 Å². The van der Waals surface area contributed by atoms with Crippen LogP contribution in [0.5, 0.6) is 23.1 Å². The van der Waals surface area contributed by atoms with Crippen LogP contribution in [0.1, 0.15) is 112 Å². The van der Waals surface area contributed by atoms with E-state index in [0.29, 0.717) is 74.5 Å². The molecule has 2 saturated heterocycles. The highest BCUT2D eigenvalue weighted by molar-refractivity contribution is 8.00. The second-order valence-electron chi connectivity index (χ2n) is 20.7. The van der Waals surface area contributed by atoms with Gasteiger partial charge in [0.2, 0.25) is 0 Å². The molecule has 5 aromatic rings. The number of rotatable bonds is 14. The number of nitrogens with one attached hydrogen (secondary N) is 2. The Morgan fingerprint density at radius 2 is 1.79 bits per heavy atom.